The summed E-state index contributed by atoms with van der Waals surface area (Å²) in [6, 6.07) is 99.7. The van der Waals surface area contributed by atoms with E-state index in [1.807, 2.05) is 0 Å². The summed E-state index contributed by atoms with van der Waals surface area (Å²) >= 11 is 0. The van der Waals surface area contributed by atoms with Gasteiger partial charge in [-0.25, -0.2) is 0 Å². The van der Waals surface area contributed by atoms with Crippen LogP contribution in [-0.2, 0) is 21.7 Å². The van der Waals surface area contributed by atoms with E-state index in [1.54, 1.807) is 0 Å². The molecule has 0 unspecified atom stereocenters. The summed E-state index contributed by atoms with van der Waals surface area (Å²) in [5.74, 6) is 0. The maximum absolute atomic E-state index is 2.57. The van der Waals surface area contributed by atoms with E-state index in [1.165, 1.54) is 209 Å². The first-order valence-corrected chi connectivity index (χ1v) is 33.1. The van der Waals surface area contributed by atoms with E-state index < -0.39 is 0 Å². The van der Waals surface area contributed by atoms with Gasteiger partial charge in [-0.1, -0.05) is 262 Å². The molecule has 0 aliphatic heterocycles. The Morgan fingerprint density at radius 3 is 0.870 bits per heavy atom. The third-order valence-corrected chi connectivity index (χ3v) is 23.4. The Balaban J connectivity index is 0.858. The molecule has 0 aromatic heterocycles. The zero-order chi connectivity index (χ0) is 61.6. The van der Waals surface area contributed by atoms with Crippen LogP contribution >= 0.6 is 0 Å². The molecule has 0 atom stereocenters. The molecule has 20 rings (SSSR count). The highest BCUT2D eigenvalue weighted by molar-refractivity contribution is 6.35. The van der Waals surface area contributed by atoms with Crippen LogP contribution in [0.25, 0.3) is 165 Å². The molecule has 0 spiro atoms. The van der Waals surface area contributed by atoms with Gasteiger partial charge in [-0.05, 0) is 258 Å². The smallest absolute Gasteiger partial charge is 0.0159 e. The van der Waals surface area contributed by atoms with Crippen LogP contribution in [0, 0.1) is 0 Å². The van der Waals surface area contributed by atoms with Crippen molar-refractivity contribution < 1.29 is 0 Å². The number of rotatable bonds is 5. The first-order valence-electron chi connectivity index (χ1n) is 33.1. The molecule has 4 aliphatic carbocycles. The van der Waals surface area contributed by atoms with Crippen molar-refractivity contribution in [3.63, 3.8) is 0 Å². The average Bonchev–Trinajstić information content (AvgIpc) is 1.05. The van der Waals surface area contributed by atoms with Crippen molar-refractivity contribution in [3.05, 3.63) is 299 Å². The molecule has 0 saturated heterocycles. The zero-order valence-electron chi connectivity index (χ0n) is 53.2. The first kappa shape index (κ1) is 52.4. The van der Waals surface area contributed by atoms with Crippen molar-refractivity contribution in [1.82, 2.24) is 0 Å². The molecule has 0 fully saturated rings. The molecule has 0 heteroatoms. The summed E-state index contributed by atoms with van der Waals surface area (Å²) in [6.45, 7) is 19.2. The maximum Gasteiger partial charge on any atom is 0.0159 e. The Kier molecular flexibility index (Phi) is 10.1. The van der Waals surface area contributed by atoms with Crippen molar-refractivity contribution in [2.24, 2.45) is 0 Å². The second-order valence-electron chi connectivity index (χ2n) is 29.4. The summed E-state index contributed by atoms with van der Waals surface area (Å²) in [4.78, 5) is 0. The van der Waals surface area contributed by atoms with Crippen LogP contribution in [0.5, 0.6) is 0 Å². The minimum absolute atomic E-state index is 0.0887. The van der Waals surface area contributed by atoms with E-state index in [-0.39, 0.29) is 21.7 Å². The van der Waals surface area contributed by atoms with Crippen molar-refractivity contribution >= 4 is 64.6 Å². The van der Waals surface area contributed by atoms with Crippen molar-refractivity contribution in [2.45, 2.75) is 77.0 Å². The molecular weight excluding hydrogens is 1110 g/mol. The molecule has 0 saturated carbocycles. The van der Waals surface area contributed by atoms with Gasteiger partial charge in [-0.3, -0.25) is 0 Å². The predicted octanol–water partition coefficient (Wildman–Crippen LogP) is 25.0. The first-order chi connectivity index (χ1) is 44.6. The van der Waals surface area contributed by atoms with E-state index in [4.69, 9.17) is 0 Å². The number of hydrogen-bond acceptors (Lipinski definition) is 0. The van der Waals surface area contributed by atoms with Gasteiger partial charge in [-0.15, -0.1) is 0 Å². The van der Waals surface area contributed by atoms with Crippen LogP contribution in [0.15, 0.2) is 255 Å². The summed E-state index contributed by atoms with van der Waals surface area (Å²) in [7, 11) is 0. The number of hydrogen-bond donors (Lipinski definition) is 0. The summed E-state index contributed by atoms with van der Waals surface area (Å²) in [6.07, 6.45) is 0. The van der Waals surface area contributed by atoms with Gasteiger partial charge in [0.1, 0.15) is 0 Å². The molecule has 0 nitrogen and oxygen atoms in total. The van der Waals surface area contributed by atoms with Gasteiger partial charge in [0, 0.05) is 21.7 Å². The molecule has 92 heavy (non-hydrogen) atoms. The molecule has 16 aromatic carbocycles. The topological polar surface area (TPSA) is 0 Å². The molecule has 0 radical (unpaired) electrons. The lowest BCUT2D eigenvalue weighted by molar-refractivity contribution is 0.660. The van der Waals surface area contributed by atoms with Gasteiger partial charge in [0.15, 0.2) is 0 Å². The Bertz CT molecular complexity index is 5620. The van der Waals surface area contributed by atoms with Crippen LogP contribution < -0.4 is 0 Å². The second kappa shape index (κ2) is 17.8. The van der Waals surface area contributed by atoms with Crippen LogP contribution in [0.1, 0.15) is 99.9 Å². The van der Waals surface area contributed by atoms with Gasteiger partial charge in [0.05, 0.1) is 0 Å². The molecule has 0 amide bonds. The van der Waals surface area contributed by atoms with Crippen molar-refractivity contribution in [3.8, 4) is 100 Å². The van der Waals surface area contributed by atoms with E-state index in [0.29, 0.717) is 0 Å². The van der Waals surface area contributed by atoms with E-state index in [0.717, 1.165) is 0 Å². The van der Waals surface area contributed by atoms with Crippen molar-refractivity contribution in [2.75, 3.05) is 0 Å². The minimum atomic E-state index is -0.131. The number of benzene rings is 16. The highest BCUT2D eigenvalue weighted by Crippen LogP contribution is 2.58. The quantitative estimate of drug-likeness (QED) is 0.151. The highest BCUT2D eigenvalue weighted by Gasteiger charge is 2.40. The summed E-state index contributed by atoms with van der Waals surface area (Å²) < 4.78 is 0. The lowest BCUT2D eigenvalue weighted by atomic mass is 9.79. The van der Waals surface area contributed by atoms with Crippen LogP contribution in [-0.4, -0.2) is 0 Å². The van der Waals surface area contributed by atoms with Crippen molar-refractivity contribution in [1.29, 1.82) is 0 Å². The average molecular weight is 1170 g/mol. The molecule has 4 aliphatic rings. The normalized spacial score (nSPS) is 15.5. The molecular formula is C92H66. The van der Waals surface area contributed by atoms with E-state index >= 15 is 0 Å². The SMILES string of the molecule is CC1(C)c2ccccc2-c2cc(-c3ccc4c(-c5cc6cccc7c(-c8ccc9c(c8)C(C)(C)c8ccccc8-9)cc8c(-c9ccc%10c(c9)-c9ccccc9C%10(C)C)ccc5c8c67)cc5cccc6c(-c7ccc8c(c7)C(C)(C)c7ccccc7-8)cc3c4c56)ccc21. The van der Waals surface area contributed by atoms with Gasteiger partial charge in [0.2, 0.25) is 0 Å². The van der Waals surface area contributed by atoms with Gasteiger partial charge in [-0.2, -0.15) is 0 Å². The van der Waals surface area contributed by atoms with Gasteiger partial charge in [0.25, 0.3) is 0 Å². The Morgan fingerprint density at radius 1 is 0.163 bits per heavy atom. The Morgan fingerprint density at radius 2 is 0.467 bits per heavy atom. The Hall–Kier alpha value is -10.4. The molecule has 434 valence electrons. The lowest BCUT2D eigenvalue weighted by Crippen LogP contribution is -2.14. The molecule has 0 heterocycles. The fourth-order valence-corrected chi connectivity index (χ4v) is 18.8. The van der Waals surface area contributed by atoms with Crippen LogP contribution in [0.2, 0.25) is 0 Å². The molecule has 0 N–H and O–H groups in total. The minimum Gasteiger partial charge on any atom is -0.0619 e. The van der Waals surface area contributed by atoms with E-state index in [9.17, 15) is 0 Å². The number of fused-ring (bicyclic) bond motifs is 12. The largest absolute Gasteiger partial charge is 0.0619 e. The van der Waals surface area contributed by atoms with Gasteiger partial charge < -0.3 is 0 Å². The predicted molar refractivity (Wildman–Crippen MR) is 391 cm³/mol. The molecule has 0 bridgehead atoms. The zero-order valence-corrected chi connectivity index (χ0v) is 53.2. The fraction of sp³-hybridized carbons (Fsp3) is 0.130. The summed E-state index contributed by atoms with van der Waals surface area (Å²) in [5, 5.41) is 15.5. The van der Waals surface area contributed by atoms with Crippen LogP contribution in [0.3, 0.4) is 0 Å². The maximum atomic E-state index is 2.57. The third kappa shape index (κ3) is 6.67. The molecule has 16 aromatic rings. The monoisotopic (exact) mass is 1170 g/mol. The highest BCUT2D eigenvalue weighted by atomic mass is 14.4. The standard InChI is InChI=1S/C92H66/c1-89(2)79-29-15-11-23-61(79)73-43-51(33-41-81(73)89)57-37-39-67-71(45-55-19-17-25-65-69(49-75(57)87(67)85(55)65)53-31-35-63-59-21-9-13-27-77(59)91(5,6)83(63)47-53)72-46-56-20-18-26-66-70(54-32-36-64-60-22-10-14-28-78(60)92(7,8)84(64)48-54)50-76-58(38-40-68(72)88(76)86(56)66)52-34-42-82-74(44-52)62-24-12-16-30-80(62)90(82,3)4/h9-50H,1-8H3. The van der Waals surface area contributed by atoms with E-state index in [2.05, 4.69) is 310 Å². The Labute approximate surface area is 537 Å². The van der Waals surface area contributed by atoms with Crippen LogP contribution in [0.4, 0.5) is 0 Å². The lowest BCUT2D eigenvalue weighted by Gasteiger charge is -2.24. The summed E-state index contributed by atoms with van der Waals surface area (Å²) in [5.41, 5.74) is 34.0. The third-order valence-electron chi connectivity index (χ3n) is 23.4. The second-order valence-corrected chi connectivity index (χ2v) is 29.4. The fourth-order valence-electron chi connectivity index (χ4n) is 18.8. The van der Waals surface area contributed by atoms with Gasteiger partial charge >= 0.3 is 0 Å².